The maximum atomic E-state index is 13.7. The zero-order valence-electron chi connectivity index (χ0n) is 20.2. The molecule has 0 aromatic heterocycles. The molecule has 0 saturated carbocycles. The molecular formula is C29H25BrN2O5S. The summed E-state index contributed by atoms with van der Waals surface area (Å²) in [6, 6.07) is 26.3. The van der Waals surface area contributed by atoms with Crippen molar-refractivity contribution in [3.63, 3.8) is 0 Å². The fourth-order valence-corrected chi connectivity index (χ4v) is 6.36. The Morgan fingerprint density at radius 3 is 2.08 bits per heavy atom. The number of hydrogen-bond donors (Lipinski definition) is 1. The molecule has 3 atom stereocenters. The van der Waals surface area contributed by atoms with E-state index in [-0.39, 0.29) is 12.5 Å². The van der Waals surface area contributed by atoms with Gasteiger partial charge in [-0.3, -0.25) is 9.59 Å². The van der Waals surface area contributed by atoms with Crippen LogP contribution >= 0.6 is 27.7 Å². The van der Waals surface area contributed by atoms with Crippen molar-refractivity contribution in [2.45, 2.75) is 23.6 Å². The highest BCUT2D eigenvalue weighted by Crippen LogP contribution is 2.41. The summed E-state index contributed by atoms with van der Waals surface area (Å²) < 4.78 is 11.6. The minimum atomic E-state index is -0.892. The van der Waals surface area contributed by atoms with Gasteiger partial charge in [0.1, 0.15) is 17.2 Å². The Kier molecular flexibility index (Phi) is 8.14. The molecule has 2 amide bonds. The van der Waals surface area contributed by atoms with Gasteiger partial charge in [0.2, 0.25) is 5.91 Å². The first-order valence-electron chi connectivity index (χ1n) is 12.1. The first-order valence-corrected chi connectivity index (χ1v) is 14.1. The first-order chi connectivity index (χ1) is 18.6. The second-order valence-electron chi connectivity index (χ2n) is 8.79. The molecule has 3 aromatic rings. The molecule has 2 heterocycles. The predicted octanol–water partition coefficient (Wildman–Crippen LogP) is 4.45. The van der Waals surface area contributed by atoms with Gasteiger partial charge in [0.05, 0.1) is 0 Å². The van der Waals surface area contributed by atoms with Crippen LogP contribution in [0, 0.1) is 0 Å². The van der Waals surface area contributed by atoms with Crippen LogP contribution in [0.4, 0.5) is 0 Å². The Balaban J connectivity index is 1.30. The quantitative estimate of drug-likeness (QED) is 0.224. The molecule has 194 valence electrons. The molecule has 1 fully saturated rings. The van der Waals surface area contributed by atoms with E-state index in [2.05, 4.69) is 21.2 Å². The van der Waals surface area contributed by atoms with E-state index in [1.807, 2.05) is 84.3 Å². The number of thioether (sulfide) groups is 1. The summed E-state index contributed by atoms with van der Waals surface area (Å²) in [7, 11) is 0. The zero-order valence-corrected chi connectivity index (χ0v) is 22.6. The Morgan fingerprint density at radius 1 is 0.921 bits per heavy atom. The minimum absolute atomic E-state index is 0.213. The van der Waals surface area contributed by atoms with Crippen molar-refractivity contribution < 1.29 is 23.9 Å². The van der Waals surface area contributed by atoms with Crippen LogP contribution in [0.2, 0.25) is 0 Å². The number of amides is 2. The molecule has 1 unspecified atom stereocenters. The molecule has 9 heteroatoms. The van der Waals surface area contributed by atoms with E-state index in [0.717, 1.165) is 16.7 Å². The third-order valence-electron chi connectivity index (χ3n) is 6.31. The molecule has 0 radical (unpaired) electrons. The lowest BCUT2D eigenvalue weighted by atomic mass is 9.98. The van der Waals surface area contributed by atoms with Gasteiger partial charge < -0.3 is 19.7 Å². The number of halogens is 1. The van der Waals surface area contributed by atoms with Crippen molar-refractivity contribution in [2.75, 3.05) is 11.9 Å². The van der Waals surface area contributed by atoms with Crippen molar-refractivity contribution >= 4 is 45.5 Å². The van der Waals surface area contributed by atoms with E-state index in [1.165, 1.54) is 16.7 Å². The maximum absolute atomic E-state index is 13.7. The van der Waals surface area contributed by atoms with Crippen LogP contribution in [0.1, 0.15) is 17.2 Å². The second-order valence-corrected chi connectivity index (χ2v) is 10.3. The number of esters is 1. The molecule has 7 nitrogen and oxygen atoms in total. The van der Waals surface area contributed by atoms with Gasteiger partial charge in [-0.1, -0.05) is 94.8 Å². The number of fused-ring (bicyclic) bond motifs is 1. The van der Waals surface area contributed by atoms with Gasteiger partial charge in [-0.25, -0.2) is 4.79 Å². The summed E-state index contributed by atoms with van der Waals surface area (Å²) in [4.78, 5) is 40.9. The summed E-state index contributed by atoms with van der Waals surface area (Å²) in [6.07, 6.45) is -0.628. The van der Waals surface area contributed by atoms with Gasteiger partial charge in [-0.05, 0) is 34.2 Å². The number of rotatable bonds is 9. The normalized spacial score (nSPS) is 20.2. The topological polar surface area (TPSA) is 84.9 Å². The molecule has 3 aromatic carbocycles. The number of nitrogens with zero attached hydrogens (tertiary/aromatic N) is 1. The number of benzene rings is 3. The Hall–Kier alpha value is -3.56. The molecular weight excluding hydrogens is 568 g/mol. The number of para-hydroxylation sites is 1. The molecule has 0 aliphatic carbocycles. The highest BCUT2D eigenvalue weighted by Gasteiger charge is 2.56. The average Bonchev–Trinajstić information content (AvgIpc) is 2.98. The molecule has 38 heavy (non-hydrogen) atoms. The van der Waals surface area contributed by atoms with Crippen LogP contribution in [-0.4, -0.2) is 52.1 Å². The van der Waals surface area contributed by atoms with Crippen molar-refractivity contribution in [3.05, 3.63) is 113 Å². The SMILES string of the molecule is O=C(COc1ccccc1)N[C@@H]1C(=O)N2C(C(=O)OC(c3ccccc3)c3ccccc3)C(CBr)=CS[C@H]12. The molecule has 5 rings (SSSR count). The number of β-lactam (4-membered cyclic amide) rings is 1. The van der Waals surface area contributed by atoms with Gasteiger partial charge in [-0.15, -0.1) is 11.8 Å². The van der Waals surface area contributed by atoms with E-state index in [4.69, 9.17) is 9.47 Å². The number of hydrogen-bond acceptors (Lipinski definition) is 6. The van der Waals surface area contributed by atoms with Gasteiger partial charge >= 0.3 is 5.97 Å². The van der Waals surface area contributed by atoms with E-state index >= 15 is 0 Å². The second kappa shape index (κ2) is 11.9. The Labute approximate surface area is 233 Å². The fourth-order valence-electron chi connectivity index (χ4n) is 4.45. The third-order valence-corrected chi connectivity index (χ3v) is 8.18. The van der Waals surface area contributed by atoms with E-state index in [9.17, 15) is 14.4 Å². The number of ether oxygens (including phenoxy) is 2. The summed E-state index contributed by atoms with van der Waals surface area (Å²) in [5.41, 5.74) is 2.38. The maximum Gasteiger partial charge on any atom is 0.334 e. The van der Waals surface area contributed by atoms with Gasteiger partial charge in [-0.2, -0.15) is 0 Å². The minimum Gasteiger partial charge on any atom is -0.484 e. The average molecular weight is 593 g/mol. The van der Waals surface area contributed by atoms with Crippen molar-refractivity contribution in [1.82, 2.24) is 10.2 Å². The van der Waals surface area contributed by atoms with Gasteiger partial charge in [0.25, 0.3) is 5.91 Å². The summed E-state index contributed by atoms with van der Waals surface area (Å²) in [5.74, 6) is -0.699. The molecule has 2 aliphatic rings. The predicted molar refractivity (Wildman–Crippen MR) is 149 cm³/mol. The van der Waals surface area contributed by atoms with Crippen LogP contribution < -0.4 is 10.1 Å². The fraction of sp³-hybridized carbons (Fsp3) is 0.207. The Morgan fingerprint density at radius 2 is 1.50 bits per heavy atom. The lowest BCUT2D eigenvalue weighted by molar-refractivity contribution is -0.165. The molecule has 1 saturated heterocycles. The van der Waals surface area contributed by atoms with Crippen molar-refractivity contribution in [1.29, 1.82) is 0 Å². The van der Waals surface area contributed by atoms with E-state index in [1.54, 1.807) is 12.1 Å². The molecule has 1 N–H and O–H groups in total. The largest absolute Gasteiger partial charge is 0.484 e. The Bertz CT molecular complexity index is 1280. The first kappa shape index (κ1) is 26.1. The van der Waals surface area contributed by atoms with Crippen LogP contribution in [0.5, 0.6) is 5.75 Å². The van der Waals surface area contributed by atoms with E-state index < -0.39 is 35.4 Å². The number of nitrogens with one attached hydrogen (secondary N) is 1. The van der Waals surface area contributed by atoms with Gasteiger partial charge in [0, 0.05) is 5.33 Å². The standard InChI is InChI=1S/C29H25BrN2O5S/c30-16-21-18-38-28-24(31-23(33)17-36-22-14-8-3-9-15-22)27(34)32(28)25(21)29(35)37-26(19-10-4-1-5-11-19)20-12-6-2-7-13-20/h1-15,18,24-26,28H,16-17H2,(H,31,33)/t24-,25?,28-/m1/s1. The summed E-state index contributed by atoms with van der Waals surface area (Å²) in [6.45, 7) is -0.213. The monoisotopic (exact) mass is 592 g/mol. The number of alkyl halides is 1. The third kappa shape index (κ3) is 5.49. The highest BCUT2D eigenvalue weighted by molar-refractivity contribution is 9.09. The lowest BCUT2D eigenvalue weighted by Gasteiger charge is -2.51. The van der Waals surface area contributed by atoms with Crippen LogP contribution in [0.15, 0.2) is 102 Å². The molecule has 0 bridgehead atoms. The van der Waals surface area contributed by atoms with Crippen LogP contribution in [0.3, 0.4) is 0 Å². The number of carbonyl (C=O) groups excluding carboxylic acids is 3. The lowest BCUT2D eigenvalue weighted by Crippen LogP contribution is -2.74. The van der Waals surface area contributed by atoms with Crippen molar-refractivity contribution in [2.24, 2.45) is 0 Å². The molecule has 0 spiro atoms. The van der Waals surface area contributed by atoms with Crippen LogP contribution in [0.25, 0.3) is 0 Å². The van der Waals surface area contributed by atoms with Crippen LogP contribution in [-0.2, 0) is 19.1 Å². The van der Waals surface area contributed by atoms with Gasteiger partial charge in [0.15, 0.2) is 18.8 Å². The van der Waals surface area contributed by atoms with Crippen molar-refractivity contribution in [3.8, 4) is 5.75 Å². The highest BCUT2D eigenvalue weighted by atomic mass is 79.9. The smallest absolute Gasteiger partial charge is 0.334 e. The molecule has 2 aliphatic heterocycles. The van der Waals surface area contributed by atoms with E-state index in [0.29, 0.717) is 11.1 Å². The summed E-state index contributed by atoms with van der Waals surface area (Å²) >= 11 is 4.85. The number of carbonyl (C=O) groups is 3. The summed E-state index contributed by atoms with van der Waals surface area (Å²) in [5, 5.41) is 4.60. The zero-order chi connectivity index (χ0) is 26.5.